The van der Waals surface area contributed by atoms with Gasteiger partial charge in [-0.3, -0.25) is 0 Å². The quantitative estimate of drug-likeness (QED) is 0.482. The maximum atomic E-state index is 11.0. The van der Waals surface area contributed by atoms with Gasteiger partial charge in [-0.15, -0.1) is 0 Å². The van der Waals surface area contributed by atoms with Crippen LogP contribution in [-0.4, -0.2) is 28.0 Å². The summed E-state index contributed by atoms with van der Waals surface area (Å²) in [4.78, 5) is 11.0. The lowest BCUT2D eigenvalue weighted by Gasteiger charge is -2.24. The van der Waals surface area contributed by atoms with Crippen LogP contribution in [0.1, 0.15) is 20.3 Å². The zero-order valence-electron chi connectivity index (χ0n) is 9.04. The number of rotatable bonds is 7. The van der Waals surface area contributed by atoms with Gasteiger partial charge in [0.15, 0.2) is 0 Å². The van der Waals surface area contributed by atoms with Gasteiger partial charge < -0.3 is 13.3 Å². The fraction of sp³-hybridized carbons (Fsp3) is 0.667. The van der Waals surface area contributed by atoms with Crippen LogP contribution in [-0.2, 0) is 18.1 Å². The topological polar surface area (TPSA) is 44.8 Å². The van der Waals surface area contributed by atoms with Gasteiger partial charge >= 0.3 is 14.8 Å². The van der Waals surface area contributed by atoms with E-state index in [9.17, 15) is 4.79 Å². The average molecular weight is 218 g/mol. The van der Waals surface area contributed by atoms with E-state index in [1.54, 1.807) is 6.55 Å². The van der Waals surface area contributed by atoms with E-state index >= 15 is 0 Å². The molecule has 0 aromatic rings. The van der Waals surface area contributed by atoms with Crippen molar-refractivity contribution in [3.05, 3.63) is 12.7 Å². The van der Waals surface area contributed by atoms with Crippen molar-refractivity contribution in [1.29, 1.82) is 0 Å². The summed E-state index contributed by atoms with van der Waals surface area (Å²) < 4.78 is 15.8. The third kappa shape index (κ3) is 5.16. The molecule has 0 saturated heterocycles. The fourth-order valence-corrected chi connectivity index (χ4v) is 2.62. The fourth-order valence-electron chi connectivity index (χ4n) is 0.875. The molecule has 14 heavy (non-hydrogen) atoms. The Hall–Kier alpha value is -0.653. The molecule has 0 saturated carbocycles. The summed E-state index contributed by atoms with van der Waals surface area (Å²) in [6.45, 7) is 9.85. The molecule has 1 atom stereocenters. The van der Waals surface area contributed by atoms with Crippen molar-refractivity contribution < 1.29 is 18.1 Å². The second-order valence-electron chi connectivity index (χ2n) is 2.77. The van der Waals surface area contributed by atoms with E-state index in [0.717, 1.165) is 12.5 Å². The molecule has 0 radical (unpaired) electrons. The van der Waals surface area contributed by atoms with E-state index in [0.29, 0.717) is 13.2 Å². The Morgan fingerprint density at radius 1 is 1.43 bits per heavy atom. The Morgan fingerprint density at radius 2 is 2.07 bits per heavy atom. The van der Waals surface area contributed by atoms with Gasteiger partial charge in [-0.05, 0) is 13.3 Å². The second-order valence-corrected chi connectivity index (χ2v) is 5.28. The molecule has 0 aliphatic rings. The van der Waals surface area contributed by atoms with E-state index < -0.39 is 14.8 Å². The second kappa shape index (κ2) is 6.75. The van der Waals surface area contributed by atoms with Crippen LogP contribution in [0.3, 0.4) is 0 Å². The van der Waals surface area contributed by atoms with Crippen molar-refractivity contribution in [3.8, 4) is 0 Å². The van der Waals surface area contributed by atoms with E-state index in [1.807, 2.05) is 13.8 Å². The standard InChI is InChI=1S/C9H18O4Si/c1-5-8-12-14(4,11-7-3)13-9(10)6-2/h6H,2,5,7-8H2,1,3-4H3. The molecule has 0 N–H and O–H groups in total. The summed E-state index contributed by atoms with van der Waals surface area (Å²) in [6.07, 6.45) is 1.97. The zero-order valence-corrected chi connectivity index (χ0v) is 10.0. The molecule has 0 aromatic heterocycles. The predicted octanol–water partition coefficient (Wildman–Crippen LogP) is 1.75. The summed E-state index contributed by atoms with van der Waals surface area (Å²) >= 11 is 0. The van der Waals surface area contributed by atoms with Gasteiger partial charge in [-0.1, -0.05) is 13.5 Å². The summed E-state index contributed by atoms with van der Waals surface area (Å²) in [5.74, 6) is -0.497. The number of carbonyl (C=O) groups excluding carboxylic acids is 1. The Kier molecular flexibility index (Phi) is 6.43. The van der Waals surface area contributed by atoms with Gasteiger partial charge in [0.05, 0.1) is 0 Å². The highest BCUT2D eigenvalue weighted by Crippen LogP contribution is 2.10. The van der Waals surface area contributed by atoms with E-state index in [4.69, 9.17) is 13.3 Å². The average Bonchev–Trinajstić information content (AvgIpc) is 2.15. The Labute approximate surface area is 86.2 Å². The van der Waals surface area contributed by atoms with Crippen LogP contribution in [0.25, 0.3) is 0 Å². The minimum Gasteiger partial charge on any atom is -0.470 e. The minimum atomic E-state index is -2.78. The highest BCUT2D eigenvalue weighted by molar-refractivity contribution is 6.61. The van der Waals surface area contributed by atoms with E-state index in [1.165, 1.54) is 0 Å². The molecule has 0 aliphatic carbocycles. The Bertz CT molecular complexity index is 195. The van der Waals surface area contributed by atoms with Gasteiger partial charge in [0, 0.05) is 25.8 Å². The molecule has 0 fully saturated rings. The predicted molar refractivity (Wildman–Crippen MR) is 55.8 cm³/mol. The van der Waals surface area contributed by atoms with Crippen molar-refractivity contribution >= 4 is 14.8 Å². The third-order valence-electron chi connectivity index (χ3n) is 1.43. The Morgan fingerprint density at radius 3 is 2.50 bits per heavy atom. The van der Waals surface area contributed by atoms with E-state index in [2.05, 4.69) is 6.58 Å². The first-order chi connectivity index (χ1) is 6.58. The van der Waals surface area contributed by atoms with Gasteiger partial charge in [0.2, 0.25) is 0 Å². The normalized spacial score (nSPS) is 14.5. The van der Waals surface area contributed by atoms with Crippen molar-refractivity contribution in [2.45, 2.75) is 26.8 Å². The lowest BCUT2D eigenvalue weighted by atomic mass is 10.5. The molecule has 0 aliphatic heterocycles. The molecule has 0 rings (SSSR count). The van der Waals surface area contributed by atoms with E-state index in [-0.39, 0.29) is 0 Å². The SMILES string of the molecule is C=CC(=O)O[Si](C)(OCC)OCCC. The van der Waals surface area contributed by atoms with Crippen LogP contribution in [0.4, 0.5) is 0 Å². The highest BCUT2D eigenvalue weighted by atomic mass is 28.4. The highest BCUT2D eigenvalue weighted by Gasteiger charge is 2.37. The van der Waals surface area contributed by atoms with Crippen LogP contribution in [0.5, 0.6) is 0 Å². The first-order valence-corrected chi connectivity index (χ1v) is 6.93. The van der Waals surface area contributed by atoms with Crippen LogP contribution >= 0.6 is 0 Å². The molecule has 82 valence electrons. The summed E-state index contributed by atoms with van der Waals surface area (Å²) in [5.41, 5.74) is 0. The lowest BCUT2D eigenvalue weighted by Crippen LogP contribution is -2.44. The third-order valence-corrected chi connectivity index (χ3v) is 3.54. The summed E-state index contributed by atoms with van der Waals surface area (Å²) in [6, 6.07) is 0. The molecule has 0 aromatic carbocycles. The van der Waals surface area contributed by atoms with Crippen LogP contribution < -0.4 is 0 Å². The van der Waals surface area contributed by atoms with Crippen molar-refractivity contribution in [2.75, 3.05) is 13.2 Å². The van der Waals surface area contributed by atoms with Crippen LogP contribution in [0.15, 0.2) is 12.7 Å². The van der Waals surface area contributed by atoms with Gasteiger partial charge in [0.25, 0.3) is 0 Å². The maximum absolute atomic E-state index is 11.0. The summed E-state index contributed by atoms with van der Waals surface area (Å²) in [5, 5.41) is 0. The number of hydrogen-bond donors (Lipinski definition) is 0. The molecule has 4 nitrogen and oxygen atoms in total. The summed E-state index contributed by atoms with van der Waals surface area (Å²) in [7, 11) is -2.78. The number of hydrogen-bond acceptors (Lipinski definition) is 4. The molecular formula is C9H18O4Si. The smallest absolute Gasteiger partial charge is 0.470 e. The van der Waals surface area contributed by atoms with Gasteiger partial charge in [-0.25, -0.2) is 4.79 Å². The van der Waals surface area contributed by atoms with Gasteiger partial charge in [0.1, 0.15) is 0 Å². The molecule has 0 bridgehead atoms. The first kappa shape index (κ1) is 13.3. The van der Waals surface area contributed by atoms with Crippen LogP contribution in [0.2, 0.25) is 6.55 Å². The molecule has 0 amide bonds. The molecule has 5 heteroatoms. The number of carbonyl (C=O) groups is 1. The largest absolute Gasteiger partial charge is 0.564 e. The van der Waals surface area contributed by atoms with Crippen LogP contribution in [0, 0.1) is 0 Å². The lowest BCUT2D eigenvalue weighted by molar-refractivity contribution is -0.133. The first-order valence-electron chi connectivity index (χ1n) is 4.71. The maximum Gasteiger partial charge on any atom is 0.564 e. The Balaban J connectivity index is 4.21. The zero-order chi connectivity index (χ0) is 11.0. The minimum absolute atomic E-state index is 0.469. The van der Waals surface area contributed by atoms with Crippen molar-refractivity contribution in [3.63, 3.8) is 0 Å². The van der Waals surface area contributed by atoms with Crippen molar-refractivity contribution in [1.82, 2.24) is 0 Å². The monoisotopic (exact) mass is 218 g/mol. The molecule has 0 spiro atoms. The molecule has 1 unspecified atom stereocenters. The molecule has 0 heterocycles. The van der Waals surface area contributed by atoms with Crippen molar-refractivity contribution in [2.24, 2.45) is 0 Å². The molecular weight excluding hydrogens is 200 g/mol. The van der Waals surface area contributed by atoms with Gasteiger partial charge in [-0.2, -0.15) is 0 Å².